The third-order valence-electron chi connectivity index (χ3n) is 6.39. The number of anilines is 2. The Bertz CT molecular complexity index is 1260. The van der Waals surface area contributed by atoms with Gasteiger partial charge in [-0.25, -0.2) is 9.97 Å². The number of thiazole rings is 1. The van der Waals surface area contributed by atoms with Gasteiger partial charge in [-0.05, 0) is 61.2 Å². The van der Waals surface area contributed by atoms with Crippen molar-refractivity contribution in [2.45, 2.75) is 44.6 Å². The molecule has 0 unspecified atom stereocenters. The third-order valence-corrected chi connectivity index (χ3v) is 8.14. The van der Waals surface area contributed by atoms with Gasteiger partial charge in [0.15, 0.2) is 5.72 Å². The highest BCUT2D eigenvalue weighted by atomic mass is 32.1. The summed E-state index contributed by atoms with van der Waals surface area (Å²) < 4.78 is 1.04. The minimum Gasteiger partial charge on any atom is -0.396 e. The van der Waals surface area contributed by atoms with E-state index in [-0.39, 0.29) is 19.1 Å². The zero-order valence-corrected chi connectivity index (χ0v) is 20.5. The summed E-state index contributed by atoms with van der Waals surface area (Å²) in [6.45, 7) is 3.74. The highest BCUT2D eigenvalue weighted by molar-refractivity contribution is 7.21. The predicted octanol–water partition coefficient (Wildman–Crippen LogP) is 4.16. The first-order valence-electron chi connectivity index (χ1n) is 11.2. The Morgan fingerprint density at radius 2 is 2.03 bits per heavy atom. The lowest BCUT2D eigenvalue weighted by molar-refractivity contribution is -0.0545. The number of nitrogens with zero attached hydrogens (tertiary/aromatic N) is 3. The van der Waals surface area contributed by atoms with Crippen LogP contribution in [0, 0.1) is 12.8 Å². The fourth-order valence-corrected chi connectivity index (χ4v) is 6.21. The van der Waals surface area contributed by atoms with Crippen molar-refractivity contribution >= 4 is 44.7 Å². The Morgan fingerprint density at radius 1 is 1.21 bits per heavy atom. The maximum Gasteiger partial charge on any atom is 0.225 e. The van der Waals surface area contributed by atoms with Crippen LogP contribution in [-0.4, -0.2) is 48.7 Å². The van der Waals surface area contributed by atoms with Gasteiger partial charge in [0, 0.05) is 12.5 Å². The van der Waals surface area contributed by atoms with Crippen LogP contribution in [0.3, 0.4) is 0 Å². The van der Waals surface area contributed by atoms with Gasteiger partial charge in [0.05, 0.1) is 27.5 Å². The molecule has 1 fully saturated rings. The zero-order chi connectivity index (χ0) is 23.9. The zero-order valence-electron chi connectivity index (χ0n) is 18.9. The smallest absolute Gasteiger partial charge is 0.225 e. The summed E-state index contributed by atoms with van der Waals surface area (Å²) in [4.78, 5) is 14.2. The van der Waals surface area contributed by atoms with Crippen molar-refractivity contribution in [2.24, 2.45) is 5.92 Å². The Labute approximate surface area is 205 Å². The Kier molecular flexibility index (Phi) is 6.26. The van der Waals surface area contributed by atoms with Crippen LogP contribution >= 0.6 is 22.7 Å². The predicted molar refractivity (Wildman–Crippen MR) is 136 cm³/mol. The van der Waals surface area contributed by atoms with E-state index in [4.69, 9.17) is 15.0 Å². The molecule has 1 saturated carbocycles. The highest BCUT2D eigenvalue weighted by Gasteiger charge is 2.47. The Morgan fingerprint density at radius 3 is 2.74 bits per heavy atom. The molecule has 4 aromatic rings. The average Bonchev–Trinajstić information content (AvgIpc) is 3.54. The molecule has 1 aromatic carbocycles. The minimum absolute atomic E-state index is 0.00859. The molecule has 0 amide bonds. The number of aliphatic hydroxyl groups is 3. The number of fused-ring (bicyclic) bond motifs is 1. The van der Waals surface area contributed by atoms with Crippen LogP contribution in [0.1, 0.15) is 37.1 Å². The van der Waals surface area contributed by atoms with Gasteiger partial charge >= 0.3 is 0 Å². The van der Waals surface area contributed by atoms with E-state index in [0.717, 1.165) is 20.8 Å². The van der Waals surface area contributed by atoms with Gasteiger partial charge in [-0.15, -0.1) is 11.3 Å². The van der Waals surface area contributed by atoms with Gasteiger partial charge in [0.2, 0.25) is 5.95 Å². The number of para-hydroxylation sites is 1. The molecule has 5 N–H and O–H groups in total. The molecular weight excluding hydrogens is 470 g/mol. The summed E-state index contributed by atoms with van der Waals surface area (Å²) in [7, 11) is 0. The first-order valence-corrected chi connectivity index (χ1v) is 13.0. The average molecular weight is 498 g/mol. The van der Waals surface area contributed by atoms with E-state index < -0.39 is 17.7 Å². The fourth-order valence-electron chi connectivity index (χ4n) is 4.40. The van der Waals surface area contributed by atoms with Crippen LogP contribution in [0.25, 0.3) is 20.8 Å². The number of aromatic nitrogens is 3. The van der Waals surface area contributed by atoms with Crippen molar-refractivity contribution in [1.82, 2.24) is 15.0 Å². The molecule has 3 aromatic heterocycles. The molecule has 0 aliphatic heterocycles. The molecule has 0 bridgehead atoms. The molecule has 0 radical (unpaired) electrons. The van der Waals surface area contributed by atoms with Gasteiger partial charge in [-0.1, -0.05) is 12.1 Å². The van der Waals surface area contributed by atoms with E-state index in [1.807, 2.05) is 43.5 Å². The molecule has 34 heavy (non-hydrogen) atoms. The Hall–Kier alpha value is -2.63. The SMILES string of the molecule is Cc1nc(N[C@H](C)c2ccsc2)nc(N[C@@]2(O)CC[C@H](CO)[C@H]2O)c1-c1nc2ccccc2s1. The summed E-state index contributed by atoms with van der Waals surface area (Å²) in [5.41, 5.74) is 1.78. The van der Waals surface area contributed by atoms with Gasteiger partial charge in [0.25, 0.3) is 0 Å². The molecule has 10 heteroatoms. The highest BCUT2D eigenvalue weighted by Crippen LogP contribution is 2.40. The number of nitrogens with one attached hydrogen (secondary N) is 2. The lowest BCUT2D eigenvalue weighted by Gasteiger charge is -2.31. The molecule has 4 atom stereocenters. The van der Waals surface area contributed by atoms with Crippen molar-refractivity contribution in [3.63, 3.8) is 0 Å². The number of thiophene rings is 1. The van der Waals surface area contributed by atoms with Crippen molar-refractivity contribution in [2.75, 3.05) is 17.2 Å². The lowest BCUT2D eigenvalue weighted by Crippen LogP contribution is -2.48. The quantitative estimate of drug-likeness (QED) is 0.241. The van der Waals surface area contributed by atoms with Crippen LogP contribution in [0.5, 0.6) is 0 Å². The van der Waals surface area contributed by atoms with Gasteiger partial charge < -0.3 is 26.0 Å². The largest absolute Gasteiger partial charge is 0.396 e. The van der Waals surface area contributed by atoms with E-state index >= 15 is 0 Å². The maximum atomic E-state index is 11.3. The van der Waals surface area contributed by atoms with E-state index in [1.165, 1.54) is 11.3 Å². The molecular formula is C24H27N5O3S2. The van der Waals surface area contributed by atoms with Crippen LogP contribution in [0.15, 0.2) is 41.1 Å². The lowest BCUT2D eigenvalue weighted by atomic mass is 10.0. The molecule has 1 aliphatic carbocycles. The molecule has 1 aliphatic rings. The van der Waals surface area contributed by atoms with E-state index in [1.54, 1.807) is 11.3 Å². The number of aryl methyl sites for hydroxylation is 1. The monoisotopic (exact) mass is 497 g/mol. The van der Waals surface area contributed by atoms with Gasteiger partial charge in [0.1, 0.15) is 16.9 Å². The Balaban J connectivity index is 1.57. The molecule has 0 spiro atoms. The van der Waals surface area contributed by atoms with E-state index in [0.29, 0.717) is 29.4 Å². The summed E-state index contributed by atoms with van der Waals surface area (Å²) >= 11 is 3.15. The first-order chi connectivity index (χ1) is 16.4. The van der Waals surface area contributed by atoms with E-state index in [2.05, 4.69) is 22.1 Å². The number of aliphatic hydroxyl groups excluding tert-OH is 2. The topological polar surface area (TPSA) is 123 Å². The summed E-state index contributed by atoms with van der Waals surface area (Å²) in [5, 5.41) is 42.8. The van der Waals surface area contributed by atoms with Crippen LogP contribution in [-0.2, 0) is 0 Å². The molecule has 5 rings (SSSR count). The number of benzene rings is 1. The van der Waals surface area contributed by atoms with Crippen LogP contribution in [0.4, 0.5) is 11.8 Å². The normalized spacial score (nSPS) is 23.3. The summed E-state index contributed by atoms with van der Waals surface area (Å²) in [5.74, 6) is 0.410. The summed E-state index contributed by atoms with van der Waals surface area (Å²) in [6.07, 6.45) is -0.338. The fraction of sp³-hybridized carbons (Fsp3) is 0.375. The second-order valence-corrected chi connectivity index (χ2v) is 10.6. The maximum absolute atomic E-state index is 11.3. The van der Waals surface area contributed by atoms with Crippen LogP contribution in [0.2, 0.25) is 0 Å². The summed E-state index contributed by atoms with van der Waals surface area (Å²) in [6, 6.07) is 9.93. The van der Waals surface area contributed by atoms with Gasteiger partial charge in [-0.3, -0.25) is 0 Å². The minimum atomic E-state index is -1.62. The standard InChI is InChI=1S/C24H27N5O3S2/c1-13(16-8-10-33-12-16)25-23-26-14(2)19(22-27-17-5-3-4-6-18(17)34-22)21(28-23)29-24(32)9-7-15(11-30)20(24)31/h3-6,8,10,12-13,15,20,30-32H,7,9,11H2,1-2H3,(H2,25,26,28,29)/t13-,15-,20-,24-/m1/s1. The first kappa shape index (κ1) is 23.1. The van der Waals surface area contributed by atoms with Crippen molar-refractivity contribution in [3.05, 3.63) is 52.3 Å². The van der Waals surface area contributed by atoms with Crippen molar-refractivity contribution in [3.8, 4) is 10.6 Å². The van der Waals surface area contributed by atoms with Gasteiger partial charge in [-0.2, -0.15) is 16.3 Å². The number of hydrogen-bond donors (Lipinski definition) is 5. The number of rotatable bonds is 7. The molecule has 3 heterocycles. The third kappa shape index (κ3) is 4.27. The molecule has 0 saturated heterocycles. The molecule has 8 nitrogen and oxygen atoms in total. The van der Waals surface area contributed by atoms with E-state index in [9.17, 15) is 15.3 Å². The second-order valence-electron chi connectivity index (χ2n) is 8.74. The second kappa shape index (κ2) is 9.20. The molecule has 178 valence electrons. The number of hydrogen-bond acceptors (Lipinski definition) is 10. The van der Waals surface area contributed by atoms with Crippen LogP contribution < -0.4 is 10.6 Å². The van der Waals surface area contributed by atoms with Crippen molar-refractivity contribution < 1.29 is 15.3 Å². The van der Waals surface area contributed by atoms with Crippen molar-refractivity contribution in [1.29, 1.82) is 0 Å².